The first-order chi connectivity index (χ1) is 8.90. The minimum absolute atomic E-state index is 1.22. The smallest absolute Gasteiger partial charge is 0.0212 e. The van der Waals surface area contributed by atoms with Crippen molar-refractivity contribution in [3.05, 3.63) is 60.0 Å². The van der Waals surface area contributed by atoms with Crippen molar-refractivity contribution in [2.24, 2.45) is 0 Å². The summed E-state index contributed by atoms with van der Waals surface area (Å²) in [6.45, 7) is 2.25. The highest BCUT2D eigenvalue weighted by Gasteiger charge is 2.20. The maximum atomic E-state index is 2.30. The Labute approximate surface area is 113 Å². The van der Waals surface area contributed by atoms with Crippen LogP contribution in [0.5, 0.6) is 0 Å². The Hall–Kier alpha value is -1.21. The predicted molar refractivity (Wildman–Crippen MR) is 80.0 cm³/mol. The standard InChI is InChI=1S/C17H17S/c1-2-3-11-18-16-10-6-8-14-12-13-7-4-5-9-15(13)17(14)16/h4-10,12H,2-3,11H2,1H3. The summed E-state index contributed by atoms with van der Waals surface area (Å²) in [5, 5.41) is 0. The maximum Gasteiger partial charge on any atom is 0.0212 e. The zero-order chi connectivity index (χ0) is 12.4. The van der Waals surface area contributed by atoms with Crippen molar-refractivity contribution >= 4 is 11.8 Å². The second-order valence-corrected chi connectivity index (χ2v) is 5.79. The Morgan fingerprint density at radius 2 is 1.78 bits per heavy atom. The van der Waals surface area contributed by atoms with Gasteiger partial charge in [0.05, 0.1) is 0 Å². The molecule has 91 valence electrons. The molecule has 0 amide bonds. The topological polar surface area (TPSA) is 0 Å². The summed E-state index contributed by atoms with van der Waals surface area (Å²) in [5.74, 6) is 1.22. The molecule has 2 aromatic carbocycles. The maximum absolute atomic E-state index is 2.30. The zero-order valence-electron chi connectivity index (χ0n) is 10.6. The lowest BCUT2D eigenvalue weighted by atomic mass is 10.1. The summed E-state index contributed by atoms with van der Waals surface area (Å²) >= 11 is 1.99. The molecule has 0 saturated heterocycles. The number of rotatable bonds is 4. The zero-order valence-corrected chi connectivity index (χ0v) is 11.5. The van der Waals surface area contributed by atoms with Crippen molar-refractivity contribution in [2.75, 3.05) is 5.75 Å². The molecular formula is C17H17S. The van der Waals surface area contributed by atoms with Gasteiger partial charge in [0.2, 0.25) is 0 Å². The van der Waals surface area contributed by atoms with E-state index in [0.29, 0.717) is 0 Å². The van der Waals surface area contributed by atoms with Gasteiger partial charge in [-0.15, -0.1) is 11.8 Å². The van der Waals surface area contributed by atoms with Gasteiger partial charge in [-0.2, -0.15) is 0 Å². The van der Waals surface area contributed by atoms with E-state index in [2.05, 4.69) is 55.8 Å². The summed E-state index contributed by atoms with van der Waals surface area (Å²) in [4.78, 5) is 1.43. The molecule has 1 radical (unpaired) electrons. The van der Waals surface area contributed by atoms with Crippen LogP contribution in [-0.2, 0) is 0 Å². The largest absolute Gasteiger partial charge is 0.126 e. The van der Waals surface area contributed by atoms with E-state index in [0.717, 1.165) is 0 Å². The molecule has 0 heterocycles. The van der Waals surface area contributed by atoms with E-state index in [1.54, 1.807) is 0 Å². The minimum Gasteiger partial charge on any atom is -0.126 e. The van der Waals surface area contributed by atoms with Crippen LogP contribution in [0.1, 0.15) is 30.9 Å². The fourth-order valence-corrected chi connectivity index (χ4v) is 3.62. The van der Waals surface area contributed by atoms with E-state index in [1.807, 2.05) is 11.8 Å². The Morgan fingerprint density at radius 3 is 2.67 bits per heavy atom. The average Bonchev–Trinajstić information content (AvgIpc) is 2.78. The van der Waals surface area contributed by atoms with Crippen LogP contribution in [0.25, 0.3) is 11.1 Å². The van der Waals surface area contributed by atoms with Crippen LogP contribution in [0.4, 0.5) is 0 Å². The highest BCUT2D eigenvalue weighted by molar-refractivity contribution is 7.99. The normalized spacial score (nSPS) is 12.3. The number of thioether (sulfide) groups is 1. The van der Waals surface area contributed by atoms with Crippen LogP contribution in [0.3, 0.4) is 0 Å². The average molecular weight is 253 g/mol. The van der Waals surface area contributed by atoms with Gasteiger partial charge < -0.3 is 0 Å². The highest BCUT2D eigenvalue weighted by Crippen LogP contribution is 2.43. The number of unbranched alkanes of at least 4 members (excludes halogenated alkanes) is 1. The van der Waals surface area contributed by atoms with E-state index < -0.39 is 0 Å². The van der Waals surface area contributed by atoms with Gasteiger partial charge in [-0.3, -0.25) is 0 Å². The minimum atomic E-state index is 1.22. The van der Waals surface area contributed by atoms with Gasteiger partial charge in [0.25, 0.3) is 0 Å². The molecule has 0 fully saturated rings. The first-order valence-electron chi connectivity index (χ1n) is 6.60. The lowest BCUT2D eigenvalue weighted by Crippen LogP contribution is -1.84. The monoisotopic (exact) mass is 253 g/mol. The molecule has 2 aromatic rings. The molecule has 1 aliphatic carbocycles. The Balaban J connectivity index is 1.98. The summed E-state index contributed by atoms with van der Waals surface area (Å²) < 4.78 is 0. The van der Waals surface area contributed by atoms with Gasteiger partial charge in [0.1, 0.15) is 0 Å². The van der Waals surface area contributed by atoms with Crippen molar-refractivity contribution in [2.45, 2.75) is 24.7 Å². The van der Waals surface area contributed by atoms with Crippen molar-refractivity contribution in [1.82, 2.24) is 0 Å². The fourth-order valence-electron chi connectivity index (χ4n) is 2.42. The quantitative estimate of drug-likeness (QED) is 0.457. The third-order valence-electron chi connectivity index (χ3n) is 3.36. The van der Waals surface area contributed by atoms with Crippen molar-refractivity contribution in [3.63, 3.8) is 0 Å². The molecule has 0 unspecified atom stereocenters. The van der Waals surface area contributed by atoms with E-state index in [1.165, 1.54) is 45.7 Å². The molecule has 1 heteroatoms. The van der Waals surface area contributed by atoms with Gasteiger partial charge in [0.15, 0.2) is 0 Å². The van der Waals surface area contributed by atoms with Crippen LogP contribution < -0.4 is 0 Å². The SMILES string of the molecule is CCCCSc1cccc2c1-c1ccccc1[CH]2. The highest BCUT2D eigenvalue weighted by atomic mass is 32.2. The van der Waals surface area contributed by atoms with E-state index in [-0.39, 0.29) is 0 Å². The van der Waals surface area contributed by atoms with Gasteiger partial charge >= 0.3 is 0 Å². The third kappa shape index (κ3) is 2.08. The predicted octanol–water partition coefficient (Wildman–Crippen LogP) is 5.16. The van der Waals surface area contributed by atoms with Crippen LogP contribution >= 0.6 is 11.8 Å². The molecule has 0 N–H and O–H groups in total. The molecule has 18 heavy (non-hydrogen) atoms. The molecule has 0 atom stereocenters. The number of fused-ring (bicyclic) bond motifs is 3. The fraction of sp³-hybridized carbons (Fsp3) is 0.235. The van der Waals surface area contributed by atoms with E-state index in [4.69, 9.17) is 0 Å². The second kappa shape index (κ2) is 5.19. The molecule has 0 nitrogen and oxygen atoms in total. The van der Waals surface area contributed by atoms with Gasteiger partial charge in [0, 0.05) is 11.3 Å². The third-order valence-corrected chi connectivity index (χ3v) is 4.50. The van der Waals surface area contributed by atoms with Crippen LogP contribution in [0.15, 0.2) is 47.4 Å². The Morgan fingerprint density at radius 1 is 0.944 bits per heavy atom. The second-order valence-electron chi connectivity index (χ2n) is 4.65. The molecule has 0 aromatic heterocycles. The van der Waals surface area contributed by atoms with E-state index in [9.17, 15) is 0 Å². The lowest BCUT2D eigenvalue weighted by Gasteiger charge is -2.08. The molecule has 0 aliphatic heterocycles. The summed E-state index contributed by atoms with van der Waals surface area (Å²) in [7, 11) is 0. The van der Waals surface area contributed by atoms with E-state index >= 15 is 0 Å². The molecule has 0 spiro atoms. The lowest BCUT2D eigenvalue weighted by molar-refractivity contribution is 0.896. The first-order valence-corrected chi connectivity index (χ1v) is 7.58. The van der Waals surface area contributed by atoms with Crippen molar-refractivity contribution < 1.29 is 0 Å². The summed E-state index contributed by atoms with van der Waals surface area (Å²) in [6, 6.07) is 15.3. The number of hydrogen-bond acceptors (Lipinski definition) is 1. The van der Waals surface area contributed by atoms with Gasteiger partial charge in [-0.25, -0.2) is 0 Å². The van der Waals surface area contributed by atoms with Crippen molar-refractivity contribution in [3.8, 4) is 11.1 Å². The number of hydrogen-bond donors (Lipinski definition) is 0. The molecule has 1 aliphatic rings. The molecule has 3 rings (SSSR count). The summed E-state index contributed by atoms with van der Waals surface area (Å²) in [5.41, 5.74) is 5.56. The molecular weight excluding hydrogens is 236 g/mol. The van der Waals surface area contributed by atoms with Crippen LogP contribution in [-0.4, -0.2) is 5.75 Å². The van der Waals surface area contributed by atoms with Gasteiger partial charge in [-0.05, 0) is 40.5 Å². The van der Waals surface area contributed by atoms with Crippen LogP contribution in [0, 0.1) is 6.42 Å². The first kappa shape index (κ1) is 11.9. The Bertz CT molecular complexity index is 557. The molecule has 0 saturated carbocycles. The Kier molecular flexibility index (Phi) is 3.42. The molecule has 0 bridgehead atoms. The van der Waals surface area contributed by atoms with Crippen LogP contribution in [0.2, 0.25) is 0 Å². The van der Waals surface area contributed by atoms with Crippen molar-refractivity contribution in [1.29, 1.82) is 0 Å². The van der Waals surface area contributed by atoms with Gasteiger partial charge in [-0.1, -0.05) is 49.7 Å². The number of benzene rings is 2. The summed E-state index contributed by atoms with van der Waals surface area (Å²) in [6.07, 6.45) is 4.86.